The molecule has 0 bridgehead atoms. The maximum absolute atomic E-state index is 5.38. The number of thioether (sulfide) groups is 1. The molecule has 96 valence electrons. The van der Waals surface area contributed by atoms with E-state index in [2.05, 4.69) is 34.2 Å². The molecule has 0 spiro atoms. The van der Waals surface area contributed by atoms with Gasteiger partial charge in [-0.2, -0.15) is 11.8 Å². The van der Waals surface area contributed by atoms with E-state index in [-0.39, 0.29) is 0 Å². The minimum Gasteiger partial charge on any atom is -0.424 e. The summed E-state index contributed by atoms with van der Waals surface area (Å²) < 4.78 is 5.38. The molecule has 2 rings (SSSR count). The highest BCUT2D eigenvalue weighted by Crippen LogP contribution is 2.28. The minimum atomic E-state index is 0.598. The van der Waals surface area contributed by atoms with Crippen LogP contribution in [-0.2, 0) is 6.54 Å². The molecule has 1 saturated carbocycles. The molecule has 1 aromatic heterocycles. The van der Waals surface area contributed by atoms with Crippen LogP contribution >= 0.6 is 11.8 Å². The first kappa shape index (κ1) is 12.9. The van der Waals surface area contributed by atoms with Gasteiger partial charge < -0.3 is 9.73 Å². The van der Waals surface area contributed by atoms with Gasteiger partial charge in [0.05, 0.1) is 6.54 Å². The standard InChI is InChI=1S/C12H21N3OS/c1-3-17-11-7-5-4-6-10(11)13-8-12-15-14-9(2)16-12/h10-11,13H,3-8H2,1-2H3/t10-,11+/m1/s1. The number of hydrogen-bond donors (Lipinski definition) is 1. The summed E-state index contributed by atoms with van der Waals surface area (Å²) in [6.45, 7) is 4.76. The van der Waals surface area contributed by atoms with E-state index in [4.69, 9.17) is 4.42 Å². The summed E-state index contributed by atoms with van der Waals surface area (Å²) in [7, 11) is 0. The number of nitrogens with zero attached hydrogens (tertiary/aromatic N) is 2. The van der Waals surface area contributed by atoms with Crippen LogP contribution in [0, 0.1) is 6.92 Å². The zero-order valence-electron chi connectivity index (χ0n) is 10.6. The predicted molar refractivity (Wildman–Crippen MR) is 70.1 cm³/mol. The monoisotopic (exact) mass is 255 g/mol. The van der Waals surface area contributed by atoms with Gasteiger partial charge in [-0.25, -0.2) is 0 Å². The van der Waals surface area contributed by atoms with Crippen molar-refractivity contribution in [2.24, 2.45) is 0 Å². The van der Waals surface area contributed by atoms with Crippen molar-refractivity contribution in [2.45, 2.75) is 57.4 Å². The average molecular weight is 255 g/mol. The lowest BCUT2D eigenvalue weighted by Crippen LogP contribution is -2.40. The largest absolute Gasteiger partial charge is 0.424 e. The van der Waals surface area contributed by atoms with E-state index >= 15 is 0 Å². The van der Waals surface area contributed by atoms with Gasteiger partial charge in [-0.05, 0) is 18.6 Å². The molecular formula is C12H21N3OS. The van der Waals surface area contributed by atoms with Crippen molar-refractivity contribution in [2.75, 3.05) is 5.75 Å². The van der Waals surface area contributed by atoms with Crippen molar-refractivity contribution in [1.82, 2.24) is 15.5 Å². The van der Waals surface area contributed by atoms with Gasteiger partial charge in [0.15, 0.2) is 0 Å². The van der Waals surface area contributed by atoms with Gasteiger partial charge in [0, 0.05) is 18.2 Å². The van der Waals surface area contributed by atoms with Gasteiger partial charge in [-0.15, -0.1) is 10.2 Å². The van der Waals surface area contributed by atoms with Crippen molar-refractivity contribution in [1.29, 1.82) is 0 Å². The minimum absolute atomic E-state index is 0.598. The van der Waals surface area contributed by atoms with Crippen molar-refractivity contribution < 1.29 is 4.42 Å². The first-order valence-corrected chi connectivity index (χ1v) is 7.48. The topological polar surface area (TPSA) is 51.0 Å². The van der Waals surface area contributed by atoms with Crippen LogP contribution in [0.1, 0.15) is 44.4 Å². The van der Waals surface area contributed by atoms with E-state index in [1.54, 1.807) is 0 Å². The van der Waals surface area contributed by atoms with Gasteiger partial charge in [0.2, 0.25) is 11.8 Å². The molecule has 1 N–H and O–H groups in total. The first-order chi connectivity index (χ1) is 8.29. The van der Waals surface area contributed by atoms with Crippen LogP contribution in [0.4, 0.5) is 0 Å². The summed E-state index contributed by atoms with van der Waals surface area (Å²) in [5.41, 5.74) is 0. The van der Waals surface area contributed by atoms with E-state index < -0.39 is 0 Å². The van der Waals surface area contributed by atoms with Gasteiger partial charge in [-0.1, -0.05) is 19.8 Å². The third-order valence-corrected chi connectivity index (χ3v) is 4.49. The van der Waals surface area contributed by atoms with Crippen LogP contribution in [0.3, 0.4) is 0 Å². The van der Waals surface area contributed by atoms with E-state index in [1.165, 1.54) is 31.4 Å². The highest BCUT2D eigenvalue weighted by Gasteiger charge is 2.24. The summed E-state index contributed by atoms with van der Waals surface area (Å²) >= 11 is 2.07. The smallest absolute Gasteiger partial charge is 0.230 e. The quantitative estimate of drug-likeness (QED) is 0.876. The fourth-order valence-electron chi connectivity index (χ4n) is 2.37. The Kier molecular flexibility index (Phi) is 4.86. The van der Waals surface area contributed by atoms with Crippen LogP contribution in [0.15, 0.2) is 4.42 Å². The fraction of sp³-hybridized carbons (Fsp3) is 0.833. The Bertz CT molecular complexity index is 340. The zero-order valence-corrected chi connectivity index (χ0v) is 11.4. The van der Waals surface area contributed by atoms with E-state index in [1.807, 2.05) is 6.92 Å². The second kappa shape index (κ2) is 6.40. The van der Waals surface area contributed by atoms with E-state index in [0.717, 1.165) is 5.25 Å². The molecule has 2 atom stereocenters. The molecule has 0 radical (unpaired) electrons. The molecular weight excluding hydrogens is 234 g/mol. The molecule has 17 heavy (non-hydrogen) atoms. The number of aromatic nitrogens is 2. The number of aryl methyl sites for hydroxylation is 1. The second-order valence-electron chi connectivity index (χ2n) is 4.48. The molecule has 4 nitrogen and oxygen atoms in total. The van der Waals surface area contributed by atoms with Gasteiger partial charge in [-0.3, -0.25) is 0 Å². The van der Waals surface area contributed by atoms with E-state index in [9.17, 15) is 0 Å². The van der Waals surface area contributed by atoms with Gasteiger partial charge in [0.1, 0.15) is 0 Å². The molecule has 1 aromatic rings. The SMILES string of the molecule is CCS[C@H]1CCCC[C@H]1NCc1nnc(C)o1. The molecule has 0 aromatic carbocycles. The average Bonchev–Trinajstić information content (AvgIpc) is 2.74. The Morgan fingerprint density at radius 3 is 2.88 bits per heavy atom. The third-order valence-electron chi connectivity index (χ3n) is 3.17. The van der Waals surface area contributed by atoms with Gasteiger partial charge >= 0.3 is 0 Å². The number of nitrogens with one attached hydrogen (secondary N) is 1. The Labute approximate surface area is 107 Å². The molecule has 1 fully saturated rings. The Morgan fingerprint density at radius 1 is 1.35 bits per heavy atom. The normalized spacial score (nSPS) is 25.1. The molecule has 0 aliphatic heterocycles. The second-order valence-corrected chi connectivity index (χ2v) is 6.00. The fourth-order valence-corrected chi connectivity index (χ4v) is 3.60. The zero-order chi connectivity index (χ0) is 12.1. The molecule has 1 heterocycles. The third kappa shape index (κ3) is 3.71. The lowest BCUT2D eigenvalue weighted by Gasteiger charge is -2.31. The summed E-state index contributed by atoms with van der Waals surface area (Å²) in [5, 5.41) is 12.2. The van der Waals surface area contributed by atoms with Crippen molar-refractivity contribution in [3.05, 3.63) is 11.8 Å². The Hall–Kier alpha value is -0.550. The summed E-state index contributed by atoms with van der Waals surface area (Å²) in [4.78, 5) is 0. The van der Waals surface area contributed by atoms with Crippen molar-refractivity contribution in [3.63, 3.8) is 0 Å². The van der Waals surface area contributed by atoms with Crippen LogP contribution in [0.2, 0.25) is 0 Å². The summed E-state index contributed by atoms with van der Waals surface area (Å²) in [5.74, 6) is 2.54. The maximum atomic E-state index is 5.38. The van der Waals surface area contributed by atoms with Crippen LogP contribution in [0.25, 0.3) is 0 Å². The Morgan fingerprint density at radius 2 is 2.18 bits per heavy atom. The number of rotatable bonds is 5. The van der Waals surface area contributed by atoms with Gasteiger partial charge in [0.25, 0.3) is 0 Å². The highest BCUT2D eigenvalue weighted by molar-refractivity contribution is 7.99. The number of hydrogen-bond acceptors (Lipinski definition) is 5. The highest BCUT2D eigenvalue weighted by atomic mass is 32.2. The van der Waals surface area contributed by atoms with Crippen molar-refractivity contribution >= 4 is 11.8 Å². The summed E-state index contributed by atoms with van der Waals surface area (Å²) in [6.07, 6.45) is 5.31. The Balaban J connectivity index is 1.83. The predicted octanol–water partition coefficient (Wildman–Crippen LogP) is 2.53. The molecule has 0 saturated heterocycles. The molecule has 0 unspecified atom stereocenters. The summed E-state index contributed by atoms with van der Waals surface area (Å²) in [6, 6.07) is 0.598. The lowest BCUT2D eigenvalue weighted by atomic mass is 9.95. The first-order valence-electron chi connectivity index (χ1n) is 6.43. The maximum Gasteiger partial charge on any atom is 0.230 e. The van der Waals surface area contributed by atoms with Crippen LogP contribution < -0.4 is 5.32 Å². The lowest BCUT2D eigenvalue weighted by molar-refractivity contribution is 0.358. The van der Waals surface area contributed by atoms with Crippen LogP contribution in [0.5, 0.6) is 0 Å². The van der Waals surface area contributed by atoms with Crippen molar-refractivity contribution in [3.8, 4) is 0 Å². The van der Waals surface area contributed by atoms with Crippen LogP contribution in [-0.4, -0.2) is 27.2 Å². The van der Waals surface area contributed by atoms with E-state index in [0.29, 0.717) is 24.4 Å². The molecule has 1 aliphatic carbocycles. The molecule has 0 amide bonds. The molecule has 5 heteroatoms. The molecule has 1 aliphatic rings.